The minimum atomic E-state index is -4.56. The van der Waals surface area contributed by atoms with Crippen LogP contribution in [0.4, 0.5) is 18.9 Å². The standard InChI is InChI=1S/C21H19Br2F3N2O5/c22-17-11-7-12(18(17)23)16-15(11)19(31)28(20(16)32)5-4-14(30)33-8-13(29)27-10-3-1-2-9(6-10)21(24,25)26/h1-3,6,11-12,15-18H,4-5,7-8H2,(H,27,29)/t11-,12-,15-,16-,17+,18+/m1/s1. The van der Waals surface area contributed by atoms with Crippen molar-refractivity contribution >= 4 is 61.2 Å². The number of benzene rings is 1. The van der Waals surface area contributed by atoms with Crippen LogP contribution in [0.3, 0.4) is 0 Å². The number of halogens is 5. The van der Waals surface area contributed by atoms with Crippen molar-refractivity contribution in [3.8, 4) is 0 Å². The lowest BCUT2D eigenvalue weighted by Crippen LogP contribution is -2.37. The van der Waals surface area contributed by atoms with Crippen molar-refractivity contribution in [3.63, 3.8) is 0 Å². The number of alkyl halides is 5. The Hall–Kier alpha value is -1.95. The Morgan fingerprint density at radius 3 is 2.27 bits per heavy atom. The van der Waals surface area contributed by atoms with Gasteiger partial charge in [0.05, 0.1) is 23.8 Å². The van der Waals surface area contributed by atoms with Crippen LogP contribution in [0.2, 0.25) is 0 Å². The molecule has 1 saturated heterocycles. The predicted octanol–water partition coefficient (Wildman–Crippen LogP) is 3.36. The minimum Gasteiger partial charge on any atom is -0.456 e. The molecule has 0 radical (unpaired) electrons. The molecule has 6 atom stereocenters. The number of hydrogen-bond donors (Lipinski definition) is 1. The van der Waals surface area contributed by atoms with E-state index in [4.69, 9.17) is 4.74 Å². The monoisotopic (exact) mass is 594 g/mol. The van der Waals surface area contributed by atoms with Crippen LogP contribution >= 0.6 is 31.9 Å². The number of esters is 1. The van der Waals surface area contributed by atoms with Crippen LogP contribution in [0.5, 0.6) is 0 Å². The average molecular weight is 596 g/mol. The fourth-order valence-corrected chi connectivity index (χ4v) is 6.90. The van der Waals surface area contributed by atoms with Gasteiger partial charge in [-0.15, -0.1) is 0 Å². The van der Waals surface area contributed by atoms with Crippen LogP contribution in [0.1, 0.15) is 18.4 Å². The Bertz CT molecular complexity index is 972. The molecule has 178 valence electrons. The molecule has 1 aromatic carbocycles. The summed E-state index contributed by atoms with van der Waals surface area (Å²) in [6.45, 7) is -0.846. The fourth-order valence-electron chi connectivity index (χ4n) is 5.02. The number of carbonyl (C=O) groups excluding carboxylic acids is 4. The second-order valence-electron chi connectivity index (χ2n) is 8.37. The van der Waals surface area contributed by atoms with Gasteiger partial charge in [-0.25, -0.2) is 0 Å². The van der Waals surface area contributed by atoms with E-state index in [9.17, 15) is 32.3 Å². The third-order valence-electron chi connectivity index (χ3n) is 6.46. The quantitative estimate of drug-likeness (QED) is 0.309. The third kappa shape index (κ3) is 4.55. The highest BCUT2D eigenvalue weighted by Gasteiger charge is 2.66. The average Bonchev–Trinajstić information content (AvgIpc) is 3.35. The number of carbonyl (C=O) groups is 4. The zero-order valence-electron chi connectivity index (χ0n) is 17.0. The number of nitrogens with one attached hydrogen (secondary N) is 1. The number of hydrogen-bond acceptors (Lipinski definition) is 5. The maximum Gasteiger partial charge on any atom is 0.416 e. The molecule has 0 spiro atoms. The fraction of sp³-hybridized carbons (Fsp3) is 0.524. The first-order valence-corrected chi connectivity index (χ1v) is 12.1. The molecule has 2 aliphatic carbocycles. The predicted molar refractivity (Wildman–Crippen MR) is 116 cm³/mol. The molecule has 3 aliphatic rings. The van der Waals surface area contributed by atoms with E-state index < -0.39 is 30.2 Å². The Morgan fingerprint density at radius 1 is 1.09 bits per heavy atom. The van der Waals surface area contributed by atoms with Gasteiger partial charge in [0.2, 0.25) is 11.8 Å². The summed E-state index contributed by atoms with van der Waals surface area (Å²) in [6, 6.07) is 4.06. The molecule has 1 N–H and O–H groups in total. The van der Waals surface area contributed by atoms with Crippen molar-refractivity contribution in [2.24, 2.45) is 23.7 Å². The summed E-state index contributed by atoms with van der Waals surface area (Å²) < 4.78 is 43.1. The number of imide groups is 1. The molecule has 12 heteroatoms. The van der Waals surface area contributed by atoms with Crippen LogP contribution in [0, 0.1) is 23.7 Å². The first kappa shape index (κ1) is 24.2. The molecule has 3 fully saturated rings. The van der Waals surface area contributed by atoms with E-state index in [0.717, 1.165) is 29.5 Å². The topological polar surface area (TPSA) is 92.8 Å². The largest absolute Gasteiger partial charge is 0.456 e. The molecule has 7 nitrogen and oxygen atoms in total. The van der Waals surface area contributed by atoms with Crippen LogP contribution in [-0.4, -0.2) is 51.4 Å². The van der Waals surface area contributed by atoms with Gasteiger partial charge in [-0.2, -0.15) is 13.2 Å². The molecule has 2 bridgehead atoms. The lowest BCUT2D eigenvalue weighted by atomic mass is 9.81. The van der Waals surface area contributed by atoms with Crippen molar-refractivity contribution in [2.45, 2.75) is 28.7 Å². The Morgan fingerprint density at radius 2 is 1.70 bits per heavy atom. The van der Waals surface area contributed by atoms with Crippen molar-refractivity contribution in [1.82, 2.24) is 4.90 Å². The minimum absolute atomic E-state index is 0.0670. The number of fused-ring (bicyclic) bond motifs is 5. The Balaban J connectivity index is 1.25. The van der Waals surface area contributed by atoms with E-state index in [1.54, 1.807) is 0 Å². The number of likely N-dealkylation sites (tertiary alicyclic amines) is 1. The van der Waals surface area contributed by atoms with Gasteiger partial charge >= 0.3 is 12.1 Å². The van der Waals surface area contributed by atoms with Crippen LogP contribution in [0.25, 0.3) is 0 Å². The van der Waals surface area contributed by atoms with E-state index in [1.165, 1.54) is 6.07 Å². The normalized spacial score (nSPS) is 30.5. The zero-order chi connectivity index (χ0) is 24.1. The molecule has 0 aromatic heterocycles. The van der Waals surface area contributed by atoms with Gasteiger partial charge in [-0.3, -0.25) is 24.1 Å². The van der Waals surface area contributed by atoms with E-state index >= 15 is 0 Å². The van der Waals surface area contributed by atoms with E-state index in [1.807, 2.05) is 0 Å². The summed E-state index contributed by atoms with van der Waals surface area (Å²) in [4.78, 5) is 50.9. The van der Waals surface area contributed by atoms with Crippen LogP contribution < -0.4 is 5.32 Å². The van der Waals surface area contributed by atoms with Crippen molar-refractivity contribution < 1.29 is 37.1 Å². The summed E-state index contributed by atoms with van der Waals surface area (Å²) in [7, 11) is 0. The number of anilines is 1. The first-order valence-electron chi connectivity index (χ1n) is 10.2. The number of ether oxygens (including phenoxy) is 1. The smallest absolute Gasteiger partial charge is 0.416 e. The Labute approximate surface area is 203 Å². The molecular weight excluding hydrogens is 577 g/mol. The lowest BCUT2D eigenvalue weighted by molar-refractivity contribution is -0.149. The molecule has 1 aromatic rings. The summed E-state index contributed by atoms with van der Waals surface area (Å²) in [6.07, 6.45) is -4.03. The number of amides is 3. The third-order valence-corrected chi connectivity index (χ3v) is 9.66. The number of nitrogens with zero attached hydrogens (tertiary/aromatic N) is 1. The molecule has 4 rings (SSSR count). The van der Waals surface area contributed by atoms with Gasteiger partial charge in [-0.05, 0) is 36.5 Å². The van der Waals surface area contributed by atoms with Crippen molar-refractivity contribution in [1.29, 1.82) is 0 Å². The maximum absolute atomic E-state index is 12.8. The molecule has 33 heavy (non-hydrogen) atoms. The van der Waals surface area contributed by atoms with E-state index in [2.05, 4.69) is 37.2 Å². The van der Waals surface area contributed by atoms with Gasteiger partial charge in [0.1, 0.15) is 0 Å². The molecule has 3 amide bonds. The van der Waals surface area contributed by atoms with Gasteiger partial charge in [-0.1, -0.05) is 37.9 Å². The summed E-state index contributed by atoms with van der Waals surface area (Å²) >= 11 is 7.20. The molecule has 1 aliphatic heterocycles. The summed E-state index contributed by atoms with van der Waals surface area (Å²) in [5, 5.41) is 2.23. The van der Waals surface area contributed by atoms with Crippen LogP contribution in [-0.2, 0) is 30.1 Å². The van der Waals surface area contributed by atoms with Gasteiger partial charge in [0, 0.05) is 21.9 Å². The SMILES string of the molecule is O=C(COC(=O)CCN1C(=O)[C@@H]2[C@H]3C[C@@H]([C@H](Br)[C@H]3Br)[C@H]2C1=O)Nc1cccc(C(F)(F)F)c1. The Kier molecular flexibility index (Phi) is 6.60. The van der Waals surface area contributed by atoms with Gasteiger partial charge < -0.3 is 10.1 Å². The highest BCUT2D eigenvalue weighted by Crippen LogP contribution is 2.60. The maximum atomic E-state index is 12.8. The highest BCUT2D eigenvalue weighted by atomic mass is 79.9. The van der Waals surface area contributed by atoms with Crippen molar-refractivity contribution in [3.05, 3.63) is 29.8 Å². The molecule has 1 heterocycles. The second kappa shape index (κ2) is 9.01. The molecule has 2 saturated carbocycles. The first-order chi connectivity index (χ1) is 15.5. The molecule has 0 unspecified atom stereocenters. The van der Waals surface area contributed by atoms with Crippen LogP contribution in [0.15, 0.2) is 24.3 Å². The van der Waals surface area contributed by atoms with Gasteiger partial charge in [0.15, 0.2) is 6.61 Å². The number of rotatable bonds is 6. The second-order valence-corrected chi connectivity index (χ2v) is 10.5. The van der Waals surface area contributed by atoms with Crippen molar-refractivity contribution in [2.75, 3.05) is 18.5 Å². The summed E-state index contributed by atoms with van der Waals surface area (Å²) in [5.74, 6) is -2.80. The summed E-state index contributed by atoms with van der Waals surface area (Å²) in [5.41, 5.74) is -1.01. The molecular formula is C21H19Br2F3N2O5. The zero-order valence-corrected chi connectivity index (χ0v) is 20.2. The van der Waals surface area contributed by atoms with E-state index in [0.29, 0.717) is 0 Å². The highest BCUT2D eigenvalue weighted by molar-refractivity contribution is 9.12. The lowest BCUT2D eigenvalue weighted by Gasteiger charge is -2.28. The van der Waals surface area contributed by atoms with Gasteiger partial charge in [0.25, 0.3) is 5.91 Å². The van der Waals surface area contributed by atoms with E-state index in [-0.39, 0.29) is 63.8 Å².